The fourth-order valence-corrected chi connectivity index (χ4v) is 4.18. The lowest BCUT2D eigenvalue weighted by molar-refractivity contribution is 0.340. The van der Waals surface area contributed by atoms with Gasteiger partial charge in [0.25, 0.3) is 0 Å². The van der Waals surface area contributed by atoms with Gasteiger partial charge in [-0.1, -0.05) is 42.4 Å². The summed E-state index contributed by atoms with van der Waals surface area (Å²) in [6.07, 6.45) is 0.962. The second kappa shape index (κ2) is 9.93. The van der Waals surface area contributed by atoms with Crippen molar-refractivity contribution in [3.05, 3.63) is 59.4 Å². The first-order valence-electron chi connectivity index (χ1n) is 10.0. The van der Waals surface area contributed by atoms with Crippen LogP contribution in [0.25, 0.3) is 17.1 Å². The number of tetrazole rings is 1. The lowest BCUT2D eigenvalue weighted by atomic mass is 10.2. The quantitative estimate of drug-likeness (QED) is 0.339. The van der Waals surface area contributed by atoms with E-state index >= 15 is 0 Å². The molecule has 0 spiro atoms. The zero-order chi connectivity index (χ0) is 21.6. The zero-order valence-corrected chi connectivity index (χ0v) is 18.8. The highest BCUT2D eigenvalue weighted by Crippen LogP contribution is 2.31. The number of rotatable bonds is 9. The van der Waals surface area contributed by atoms with E-state index in [2.05, 4.69) is 32.6 Å². The molecule has 0 atom stereocenters. The maximum absolute atomic E-state index is 6.23. The van der Waals surface area contributed by atoms with Crippen molar-refractivity contribution in [2.75, 3.05) is 6.61 Å². The van der Waals surface area contributed by atoms with Crippen molar-refractivity contribution >= 4 is 23.4 Å². The number of aryl methyl sites for hydroxylation is 1. The number of hydrogen-bond acceptors (Lipinski definition) is 7. The van der Waals surface area contributed by atoms with Crippen molar-refractivity contribution in [2.24, 2.45) is 0 Å². The molecule has 8 nitrogen and oxygen atoms in total. The second-order valence-corrected chi connectivity index (χ2v) is 8.06. The molecule has 0 unspecified atom stereocenters. The number of aromatic nitrogens is 7. The van der Waals surface area contributed by atoms with Crippen molar-refractivity contribution in [3.63, 3.8) is 0 Å². The monoisotopic (exact) mass is 455 g/mol. The van der Waals surface area contributed by atoms with E-state index in [1.165, 1.54) is 11.8 Å². The maximum Gasteiger partial charge on any atom is 0.196 e. The smallest absolute Gasteiger partial charge is 0.196 e. The predicted molar refractivity (Wildman–Crippen MR) is 121 cm³/mol. The Hall–Kier alpha value is -2.91. The fourth-order valence-electron chi connectivity index (χ4n) is 3.11. The summed E-state index contributed by atoms with van der Waals surface area (Å²) in [5.41, 5.74) is 1.82. The Morgan fingerprint density at radius 3 is 2.61 bits per heavy atom. The Morgan fingerprint density at radius 2 is 1.87 bits per heavy atom. The molecule has 31 heavy (non-hydrogen) atoms. The SMILES string of the molecule is CCCn1nnnc1CSc1nnc(-c2cccc(Cl)c2)n1-c1ccc(OCC)cc1. The van der Waals surface area contributed by atoms with E-state index in [0.717, 1.165) is 40.9 Å². The molecule has 10 heteroatoms. The molecule has 2 aromatic carbocycles. The van der Waals surface area contributed by atoms with E-state index in [4.69, 9.17) is 16.3 Å². The molecule has 2 heterocycles. The first-order valence-corrected chi connectivity index (χ1v) is 11.4. The Balaban J connectivity index is 1.70. The third kappa shape index (κ3) is 4.88. The van der Waals surface area contributed by atoms with Crippen molar-refractivity contribution in [2.45, 2.75) is 37.7 Å². The first kappa shape index (κ1) is 21.3. The lowest BCUT2D eigenvalue weighted by Gasteiger charge is -2.11. The summed E-state index contributed by atoms with van der Waals surface area (Å²) >= 11 is 7.76. The normalized spacial score (nSPS) is 11.1. The van der Waals surface area contributed by atoms with Crippen LogP contribution in [0.15, 0.2) is 53.7 Å². The van der Waals surface area contributed by atoms with Crippen LogP contribution >= 0.6 is 23.4 Å². The van der Waals surface area contributed by atoms with Crippen LogP contribution in [-0.4, -0.2) is 41.6 Å². The van der Waals surface area contributed by atoms with E-state index < -0.39 is 0 Å². The van der Waals surface area contributed by atoms with Gasteiger partial charge in [-0.25, -0.2) is 4.68 Å². The van der Waals surface area contributed by atoms with Gasteiger partial charge in [0.1, 0.15) is 5.75 Å². The van der Waals surface area contributed by atoms with Gasteiger partial charge in [-0.15, -0.1) is 15.3 Å². The van der Waals surface area contributed by atoms with Crippen LogP contribution in [0.5, 0.6) is 5.75 Å². The number of ether oxygens (including phenoxy) is 1. The van der Waals surface area contributed by atoms with Gasteiger partial charge in [0.2, 0.25) is 0 Å². The molecule has 0 saturated carbocycles. The summed E-state index contributed by atoms with van der Waals surface area (Å²) in [6, 6.07) is 15.5. The highest BCUT2D eigenvalue weighted by molar-refractivity contribution is 7.98. The summed E-state index contributed by atoms with van der Waals surface area (Å²) < 4.78 is 9.42. The summed E-state index contributed by atoms with van der Waals surface area (Å²) in [5.74, 6) is 2.91. The molecule has 2 aromatic heterocycles. The number of hydrogen-bond donors (Lipinski definition) is 0. The summed E-state index contributed by atoms with van der Waals surface area (Å²) in [5, 5.41) is 22.3. The highest BCUT2D eigenvalue weighted by atomic mass is 35.5. The minimum absolute atomic E-state index is 0.581. The number of benzene rings is 2. The molecule has 0 aliphatic carbocycles. The first-order chi connectivity index (χ1) is 15.2. The Bertz CT molecular complexity index is 1140. The number of thioether (sulfide) groups is 1. The average molecular weight is 456 g/mol. The van der Waals surface area contributed by atoms with Crippen LogP contribution in [0.1, 0.15) is 26.1 Å². The Labute approximate surface area is 189 Å². The van der Waals surface area contributed by atoms with E-state index in [9.17, 15) is 0 Å². The summed E-state index contributed by atoms with van der Waals surface area (Å²) in [7, 11) is 0. The van der Waals surface area contributed by atoms with Gasteiger partial charge in [-0.05, 0) is 60.2 Å². The molecular formula is C21H22ClN7OS. The Kier molecular flexibility index (Phi) is 6.83. The fraction of sp³-hybridized carbons (Fsp3) is 0.286. The van der Waals surface area contributed by atoms with E-state index in [-0.39, 0.29) is 0 Å². The second-order valence-electron chi connectivity index (χ2n) is 6.69. The van der Waals surface area contributed by atoms with Gasteiger partial charge in [0.15, 0.2) is 16.8 Å². The predicted octanol–water partition coefficient (Wildman–Crippen LogP) is 4.68. The topological polar surface area (TPSA) is 83.5 Å². The van der Waals surface area contributed by atoms with E-state index in [1.807, 2.05) is 64.7 Å². The van der Waals surface area contributed by atoms with Crippen molar-refractivity contribution in [3.8, 4) is 22.8 Å². The number of nitrogens with zero attached hydrogens (tertiary/aromatic N) is 7. The maximum atomic E-state index is 6.23. The van der Waals surface area contributed by atoms with Crippen molar-refractivity contribution in [1.29, 1.82) is 0 Å². The summed E-state index contributed by atoms with van der Waals surface area (Å²) in [6.45, 7) is 5.46. The highest BCUT2D eigenvalue weighted by Gasteiger charge is 2.18. The average Bonchev–Trinajstić information content (AvgIpc) is 3.40. The van der Waals surface area contributed by atoms with Crippen LogP contribution < -0.4 is 4.74 Å². The van der Waals surface area contributed by atoms with Gasteiger partial charge in [-0.2, -0.15) is 0 Å². The van der Waals surface area contributed by atoms with Gasteiger partial charge in [0.05, 0.1) is 12.4 Å². The van der Waals surface area contributed by atoms with Gasteiger partial charge >= 0.3 is 0 Å². The summed E-state index contributed by atoms with van der Waals surface area (Å²) in [4.78, 5) is 0. The standard InChI is InChI=1S/C21H22ClN7OS/c1-3-12-28-19(23-26-27-28)14-31-21-25-24-20(15-6-5-7-16(22)13-15)29(21)17-8-10-18(11-9-17)30-4-2/h5-11,13H,3-4,12,14H2,1-2H3. The van der Waals surface area contributed by atoms with Gasteiger partial charge in [-0.3, -0.25) is 4.57 Å². The Morgan fingerprint density at radius 1 is 1.03 bits per heavy atom. The largest absolute Gasteiger partial charge is 0.494 e. The molecule has 4 aromatic rings. The molecule has 4 rings (SSSR count). The van der Waals surface area contributed by atoms with Crippen LogP contribution in [0, 0.1) is 0 Å². The minimum Gasteiger partial charge on any atom is -0.494 e. The lowest BCUT2D eigenvalue weighted by Crippen LogP contribution is -2.05. The van der Waals surface area contributed by atoms with Crippen LogP contribution in [0.4, 0.5) is 0 Å². The van der Waals surface area contributed by atoms with Gasteiger partial charge in [0, 0.05) is 22.8 Å². The molecule has 0 N–H and O–H groups in total. The molecular weight excluding hydrogens is 434 g/mol. The molecule has 0 radical (unpaired) electrons. The van der Waals surface area contributed by atoms with Crippen LogP contribution in [0.2, 0.25) is 5.02 Å². The molecule has 0 fully saturated rings. The molecule has 0 saturated heterocycles. The minimum atomic E-state index is 0.581. The van der Waals surface area contributed by atoms with Crippen LogP contribution in [0.3, 0.4) is 0 Å². The molecule has 160 valence electrons. The van der Waals surface area contributed by atoms with Crippen LogP contribution in [-0.2, 0) is 12.3 Å². The third-order valence-corrected chi connectivity index (χ3v) is 5.65. The van der Waals surface area contributed by atoms with Crippen molar-refractivity contribution in [1.82, 2.24) is 35.0 Å². The molecule has 0 amide bonds. The number of halogens is 1. The van der Waals surface area contributed by atoms with E-state index in [1.54, 1.807) is 0 Å². The zero-order valence-electron chi connectivity index (χ0n) is 17.3. The molecule has 0 aliphatic heterocycles. The van der Waals surface area contributed by atoms with Gasteiger partial charge < -0.3 is 4.74 Å². The van der Waals surface area contributed by atoms with Crippen molar-refractivity contribution < 1.29 is 4.74 Å². The van der Waals surface area contributed by atoms with E-state index in [0.29, 0.717) is 23.2 Å². The third-order valence-electron chi connectivity index (χ3n) is 4.49. The molecule has 0 bridgehead atoms. The molecule has 0 aliphatic rings.